The van der Waals surface area contributed by atoms with Crippen molar-refractivity contribution in [1.82, 2.24) is 0 Å². The Labute approximate surface area is 99.4 Å². The van der Waals surface area contributed by atoms with Crippen LogP contribution in [0.2, 0.25) is 0 Å². The quantitative estimate of drug-likeness (QED) is 0.825. The molecule has 0 bridgehead atoms. The molecule has 0 amide bonds. The first-order valence-corrected chi connectivity index (χ1v) is 5.73. The zero-order valence-corrected chi connectivity index (χ0v) is 9.43. The maximum absolute atomic E-state index is 5.64. The molecule has 0 spiro atoms. The third kappa shape index (κ3) is 2.09. The highest BCUT2D eigenvalue weighted by Gasteiger charge is 2.27. The van der Waals surface area contributed by atoms with E-state index in [1.165, 1.54) is 0 Å². The van der Waals surface area contributed by atoms with Crippen LogP contribution in [0.3, 0.4) is 0 Å². The molecule has 1 aromatic rings. The molecular formula is C12H15NO4. The van der Waals surface area contributed by atoms with Crippen LogP contribution in [0.15, 0.2) is 18.2 Å². The van der Waals surface area contributed by atoms with Gasteiger partial charge in [-0.25, -0.2) is 0 Å². The molecule has 92 valence electrons. The zero-order valence-electron chi connectivity index (χ0n) is 9.43. The van der Waals surface area contributed by atoms with Crippen molar-refractivity contribution in [3.05, 3.63) is 23.8 Å². The monoisotopic (exact) mass is 237 g/mol. The largest absolute Gasteiger partial charge is 0.486 e. The number of fused-ring (bicyclic) bond motifs is 1. The van der Waals surface area contributed by atoms with E-state index in [0.29, 0.717) is 26.4 Å². The number of ether oxygens (including phenoxy) is 4. The molecule has 2 heterocycles. The van der Waals surface area contributed by atoms with E-state index in [0.717, 1.165) is 17.1 Å². The van der Waals surface area contributed by atoms with Gasteiger partial charge in [0.15, 0.2) is 17.8 Å². The Bertz CT molecular complexity index is 409. The number of hydrogen-bond donors (Lipinski definition) is 1. The molecule has 3 rings (SSSR count). The molecule has 0 radical (unpaired) electrons. The Morgan fingerprint density at radius 2 is 2.00 bits per heavy atom. The van der Waals surface area contributed by atoms with Gasteiger partial charge in [-0.05, 0) is 17.7 Å². The summed E-state index contributed by atoms with van der Waals surface area (Å²) < 4.78 is 22.0. The number of benzene rings is 1. The second kappa shape index (κ2) is 4.52. The van der Waals surface area contributed by atoms with Crippen LogP contribution < -0.4 is 15.2 Å². The van der Waals surface area contributed by atoms with E-state index in [2.05, 4.69) is 0 Å². The molecule has 2 N–H and O–H groups in total. The normalized spacial score (nSPS) is 27.1. The summed E-state index contributed by atoms with van der Waals surface area (Å²) in [6, 6.07) is 5.82. The number of hydrogen-bond acceptors (Lipinski definition) is 5. The molecule has 0 aliphatic carbocycles. The first kappa shape index (κ1) is 10.8. The van der Waals surface area contributed by atoms with E-state index in [1.807, 2.05) is 18.2 Å². The summed E-state index contributed by atoms with van der Waals surface area (Å²) in [5, 5.41) is 0. The van der Waals surface area contributed by atoms with E-state index in [9.17, 15) is 0 Å². The van der Waals surface area contributed by atoms with Gasteiger partial charge in [-0.2, -0.15) is 0 Å². The smallest absolute Gasteiger partial charge is 0.170 e. The van der Waals surface area contributed by atoms with Crippen molar-refractivity contribution < 1.29 is 18.9 Å². The van der Waals surface area contributed by atoms with Crippen molar-refractivity contribution >= 4 is 0 Å². The molecule has 1 fully saturated rings. The molecule has 2 aliphatic rings. The molecule has 2 aliphatic heterocycles. The highest BCUT2D eigenvalue weighted by Crippen LogP contribution is 2.35. The van der Waals surface area contributed by atoms with Gasteiger partial charge in [-0.15, -0.1) is 0 Å². The molecule has 2 atom stereocenters. The van der Waals surface area contributed by atoms with Gasteiger partial charge >= 0.3 is 0 Å². The van der Waals surface area contributed by atoms with Crippen molar-refractivity contribution in [2.75, 3.05) is 26.4 Å². The lowest BCUT2D eigenvalue weighted by molar-refractivity contribution is -0.0497. The molecule has 5 nitrogen and oxygen atoms in total. The number of rotatable bonds is 2. The third-order valence-corrected chi connectivity index (χ3v) is 2.88. The van der Waals surface area contributed by atoms with Crippen molar-refractivity contribution in [3.63, 3.8) is 0 Å². The average Bonchev–Trinajstić information content (AvgIpc) is 2.87. The predicted octanol–water partition coefficient (Wildman–Crippen LogP) is 0.830. The second-order valence-electron chi connectivity index (χ2n) is 4.03. The zero-order chi connectivity index (χ0) is 11.7. The van der Waals surface area contributed by atoms with E-state index >= 15 is 0 Å². The molecule has 2 unspecified atom stereocenters. The maximum atomic E-state index is 5.64. The van der Waals surface area contributed by atoms with Crippen molar-refractivity contribution in [2.24, 2.45) is 5.73 Å². The summed E-state index contributed by atoms with van der Waals surface area (Å²) in [6.45, 7) is 2.09. The van der Waals surface area contributed by atoms with Crippen LogP contribution in [0.1, 0.15) is 11.7 Å². The summed E-state index contributed by atoms with van der Waals surface area (Å²) in [6.07, 6.45) is -0.368. The highest BCUT2D eigenvalue weighted by molar-refractivity contribution is 5.44. The van der Waals surface area contributed by atoms with Crippen LogP contribution in [0, 0.1) is 0 Å². The van der Waals surface area contributed by atoms with Crippen LogP contribution in [-0.2, 0) is 9.47 Å². The van der Waals surface area contributed by atoms with Crippen LogP contribution in [0.5, 0.6) is 11.5 Å². The Morgan fingerprint density at radius 1 is 1.18 bits per heavy atom. The van der Waals surface area contributed by atoms with Crippen molar-refractivity contribution in [1.29, 1.82) is 0 Å². The minimum absolute atomic E-state index is 0.0700. The van der Waals surface area contributed by atoms with Crippen LogP contribution >= 0.6 is 0 Å². The van der Waals surface area contributed by atoms with Crippen LogP contribution in [0.25, 0.3) is 0 Å². The Balaban J connectivity index is 1.79. The van der Waals surface area contributed by atoms with E-state index in [-0.39, 0.29) is 12.4 Å². The minimum atomic E-state index is -0.298. The van der Waals surface area contributed by atoms with Crippen molar-refractivity contribution in [2.45, 2.75) is 12.4 Å². The molecule has 0 saturated carbocycles. The Morgan fingerprint density at radius 3 is 2.76 bits per heavy atom. The summed E-state index contributed by atoms with van der Waals surface area (Å²) in [5.41, 5.74) is 6.52. The van der Waals surface area contributed by atoms with Crippen LogP contribution in [0.4, 0.5) is 0 Å². The predicted molar refractivity (Wildman–Crippen MR) is 60.1 cm³/mol. The van der Waals surface area contributed by atoms with Gasteiger partial charge in [0.25, 0.3) is 0 Å². The van der Waals surface area contributed by atoms with E-state index < -0.39 is 0 Å². The first-order chi connectivity index (χ1) is 8.36. The van der Waals surface area contributed by atoms with Gasteiger partial charge in [0, 0.05) is 6.54 Å². The lowest BCUT2D eigenvalue weighted by Gasteiger charge is -2.20. The lowest BCUT2D eigenvalue weighted by atomic mass is 10.1. The van der Waals surface area contributed by atoms with E-state index in [1.54, 1.807) is 0 Å². The van der Waals surface area contributed by atoms with E-state index in [4.69, 9.17) is 24.7 Å². The van der Waals surface area contributed by atoms with Gasteiger partial charge in [-0.3, -0.25) is 0 Å². The topological polar surface area (TPSA) is 62.9 Å². The summed E-state index contributed by atoms with van der Waals surface area (Å²) in [7, 11) is 0. The SMILES string of the molecule is NCC1OCC(c2ccc3c(c2)OCCO3)O1. The summed E-state index contributed by atoms with van der Waals surface area (Å²) in [5.74, 6) is 1.56. The minimum Gasteiger partial charge on any atom is -0.486 e. The lowest BCUT2D eigenvalue weighted by Crippen LogP contribution is -2.20. The average molecular weight is 237 g/mol. The Hall–Kier alpha value is -1.30. The molecule has 5 heteroatoms. The Kier molecular flexibility index (Phi) is 2.88. The van der Waals surface area contributed by atoms with Gasteiger partial charge < -0.3 is 24.7 Å². The maximum Gasteiger partial charge on any atom is 0.170 e. The van der Waals surface area contributed by atoms with Gasteiger partial charge in [0.05, 0.1) is 6.61 Å². The fourth-order valence-corrected chi connectivity index (χ4v) is 2.02. The molecule has 1 aromatic carbocycles. The van der Waals surface area contributed by atoms with Gasteiger partial charge in [0.1, 0.15) is 19.3 Å². The fraction of sp³-hybridized carbons (Fsp3) is 0.500. The molecule has 0 aromatic heterocycles. The highest BCUT2D eigenvalue weighted by atomic mass is 16.7. The first-order valence-electron chi connectivity index (χ1n) is 5.73. The number of nitrogens with two attached hydrogens (primary N) is 1. The van der Waals surface area contributed by atoms with Crippen molar-refractivity contribution in [3.8, 4) is 11.5 Å². The standard InChI is InChI=1S/C12H15NO4/c13-6-12-16-7-11(17-12)8-1-2-9-10(5-8)15-4-3-14-9/h1-2,5,11-12H,3-4,6-7,13H2. The summed E-state index contributed by atoms with van der Waals surface area (Å²) in [4.78, 5) is 0. The van der Waals surface area contributed by atoms with Gasteiger partial charge in [-0.1, -0.05) is 6.07 Å². The summed E-state index contributed by atoms with van der Waals surface area (Å²) >= 11 is 0. The second-order valence-corrected chi connectivity index (χ2v) is 4.03. The third-order valence-electron chi connectivity index (χ3n) is 2.88. The molecule has 1 saturated heterocycles. The van der Waals surface area contributed by atoms with Gasteiger partial charge in [0.2, 0.25) is 0 Å². The molecule has 17 heavy (non-hydrogen) atoms. The fourth-order valence-electron chi connectivity index (χ4n) is 2.02. The van der Waals surface area contributed by atoms with Crippen LogP contribution in [-0.4, -0.2) is 32.7 Å². The molecular weight excluding hydrogens is 222 g/mol.